The Bertz CT molecular complexity index is 3510. The number of aromatic hydroxyl groups is 2. The molecule has 4 N–H and O–H groups in total. The number of nitrogens with zero attached hydrogens (tertiary/aromatic N) is 4. The Balaban J connectivity index is 0.812. The second-order valence-electron chi connectivity index (χ2n) is 17.2. The molecule has 0 aliphatic rings. The fourth-order valence-electron chi connectivity index (χ4n) is 8.06. The topological polar surface area (TPSA) is 140 Å². The van der Waals surface area contributed by atoms with Crippen LogP contribution in [0.3, 0.4) is 0 Å². The Hall–Kier alpha value is -8.99. The molecule has 0 atom stereocenters. The number of aryl methyl sites for hydroxylation is 4. The van der Waals surface area contributed by atoms with Crippen molar-refractivity contribution in [3.8, 4) is 11.5 Å². The molecule has 0 saturated heterocycles. The number of azo groups is 2. The van der Waals surface area contributed by atoms with Crippen molar-refractivity contribution >= 4 is 85.9 Å². The van der Waals surface area contributed by atoms with Crippen molar-refractivity contribution in [3.05, 3.63) is 225 Å². The smallest absolute Gasteiger partial charge is 0.259 e. The van der Waals surface area contributed by atoms with Crippen LogP contribution in [0.1, 0.15) is 60.4 Å². The summed E-state index contributed by atoms with van der Waals surface area (Å²) in [6.45, 7) is 8.12. The van der Waals surface area contributed by atoms with Gasteiger partial charge in [0.05, 0.1) is 22.6 Å². The maximum Gasteiger partial charge on any atom is 0.259 e. The molecule has 10 nitrogen and oxygen atoms in total. The molecule has 0 aliphatic carbocycles. The number of phenolic OH excluding ortho intramolecular Hbond substituents is 2. The Morgan fingerprint density at radius 2 is 0.943 bits per heavy atom. The highest BCUT2D eigenvalue weighted by Crippen LogP contribution is 2.41. The zero-order chi connectivity index (χ0) is 48.6. The SMILES string of the molecule is Cc1ccc(NOCc2cc3ccccc3c(N=Nc3ccc(C=Cc4ccc(C=Cc5ccc(N=Nc6c(O)c(C(=O)Nc7ccc(C)cc7C)cc7ccccc67)cc5)cc4)cc3)c2O)c(C)c1. The van der Waals surface area contributed by atoms with E-state index in [0.717, 1.165) is 60.8 Å². The summed E-state index contributed by atoms with van der Waals surface area (Å²) in [4.78, 5) is 19.2. The first-order valence-electron chi connectivity index (χ1n) is 22.9. The number of amides is 1. The molecule has 1 amide bonds. The van der Waals surface area contributed by atoms with Gasteiger partial charge in [-0.15, -0.1) is 10.2 Å². The van der Waals surface area contributed by atoms with Gasteiger partial charge in [0.1, 0.15) is 23.7 Å². The van der Waals surface area contributed by atoms with Gasteiger partial charge in [0, 0.05) is 22.0 Å². The van der Waals surface area contributed by atoms with Crippen molar-refractivity contribution in [2.24, 2.45) is 20.5 Å². The van der Waals surface area contributed by atoms with Gasteiger partial charge >= 0.3 is 0 Å². The van der Waals surface area contributed by atoms with E-state index in [1.54, 1.807) is 6.07 Å². The zero-order valence-electron chi connectivity index (χ0n) is 39.2. The second-order valence-corrected chi connectivity index (χ2v) is 17.2. The quantitative estimate of drug-likeness (QED) is 0.0488. The molecule has 9 aromatic carbocycles. The van der Waals surface area contributed by atoms with Crippen LogP contribution in [0.5, 0.6) is 11.5 Å². The zero-order valence-corrected chi connectivity index (χ0v) is 39.2. The standard InChI is InChI=1S/C60H50N6O4/c1-38-13-31-54(40(3)33-38)61-60(69)53-36-47-10-6-8-12-52(47)57(59(53)68)65-63-50-29-25-45(26-30-50)22-20-43-17-15-42(16-18-43)19-21-44-23-27-49(28-24-44)62-64-56-51-11-7-5-9-46(51)35-48(58(56)67)37-70-66-55-32-14-39(2)34-41(55)4/h5-36,66-68H,37H2,1-4H3,(H,61,69). The fraction of sp³-hybridized carbons (Fsp3) is 0.0833. The second kappa shape index (κ2) is 20.9. The number of anilines is 2. The summed E-state index contributed by atoms with van der Waals surface area (Å²) in [6.07, 6.45) is 8.18. The van der Waals surface area contributed by atoms with E-state index < -0.39 is 5.91 Å². The predicted octanol–water partition coefficient (Wildman–Crippen LogP) is 16.6. The maximum atomic E-state index is 13.4. The highest BCUT2D eigenvalue weighted by molar-refractivity contribution is 6.12. The minimum absolute atomic E-state index is 0.0226. The average molecular weight is 919 g/mol. The highest BCUT2D eigenvalue weighted by atomic mass is 16.6. The normalized spacial score (nSPS) is 11.8. The van der Waals surface area contributed by atoms with E-state index in [4.69, 9.17) is 4.84 Å². The Morgan fingerprint density at radius 1 is 0.500 bits per heavy atom. The Kier molecular flexibility index (Phi) is 13.8. The summed E-state index contributed by atoms with van der Waals surface area (Å²) in [5.41, 5.74) is 15.5. The third-order valence-electron chi connectivity index (χ3n) is 11.9. The summed E-state index contributed by atoms with van der Waals surface area (Å²) < 4.78 is 0. The lowest BCUT2D eigenvalue weighted by atomic mass is 10.0. The number of carbonyl (C=O) groups is 1. The summed E-state index contributed by atoms with van der Waals surface area (Å²) in [5.74, 6) is -0.646. The van der Waals surface area contributed by atoms with Crippen molar-refractivity contribution in [3.63, 3.8) is 0 Å². The van der Waals surface area contributed by atoms with Crippen LogP contribution >= 0.6 is 0 Å². The number of nitrogens with one attached hydrogen (secondary N) is 2. The van der Waals surface area contributed by atoms with Crippen LogP contribution in [-0.4, -0.2) is 16.1 Å². The lowest BCUT2D eigenvalue weighted by molar-refractivity contribution is 0.102. The van der Waals surface area contributed by atoms with Gasteiger partial charge in [-0.3, -0.25) is 15.1 Å². The minimum atomic E-state index is -0.432. The van der Waals surface area contributed by atoms with Crippen molar-refractivity contribution in [1.29, 1.82) is 0 Å². The van der Waals surface area contributed by atoms with Crippen LogP contribution in [0.15, 0.2) is 190 Å². The lowest BCUT2D eigenvalue weighted by Crippen LogP contribution is -2.13. The molecule has 0 aliphatic heterocycles. The van der Waals surface area contributed by atoms with E-state index >= 15 is 0 Å². The highest BCUT2D eigenvalue weighted by Gasteiger charge is 2.19. The van der Waals surface area contributed by atoms with Crippen molar-refractivity contribution in [2.75, 3.05) is 10.8 Å². The molecular weight excluding hydrogens is 869 g/mol. The van der Waals surface area contributed by atoms with Gasteiger partial charge in [-0.05, 0) is 120 Å². The van der Waals surface area contributed by atoms with Crippen LogP contribution < -0.4 is 10.8 Å². The molecule has 9 aromatic rings. The molecule has 0 unspecified atom stereocenters. The molecule has 9 rings (SSSR count). The molecule has 70 heavy (non-hydrogen) atoms. The first-order chi connectivity index (χ1) is 34.0. The summed E-state index contributed by atoms with van der Waals surface area (Å²) in [7, 11) is 0. The number of phenols is 2. The average Bonchev–Trinajstić information content (AvgIpc) is 3.37. The van der Waals surface area contributed by atoms with Gasteiger partial charge in [-0.25, -0.2) is 0 Å². The van der Waals surface area contributed by atoms with Crippen molar-refractivity contribution in [2.45, 2.75) is 34.3 Å². The molecule has 0 radical (unpaired) electrons. The lowest BCUT2D eigenvalue weighted by Gasteiger charge is -2.13. The summed E-state index contributed by atoms with van der Waals surface area (Å²) in [6, 6.07) is 54.3. The third kappa shape index (κ3) is 10.9. The number of fused-ring (bicyclic) bond motifs is 2. The van der Waals surface area contributed by atoms with E-state index in [1.165, 1.54) is 5.56 Å². The van der Waals surface area contributed by atoms with Gasteiger partial charge in [0.15, 0.2) is 5.75 Å². The number of rotatable bonds is 14. The summed E-state index contributed by atoms with van der Waals surface area (Å²) >= 11 is 0. The van der Waals surface area contributed by atoms with E-state index in [2.05, 4.69) is 67.7 Å². The fourth-order valence-corrected chi connectivity index (χ4v) is 8.06. The van der Waals surface area contributed by atoms with Crippen molar-refractivity contribution < 1.29 is 19.8 Å². The van der Waals surface area contributed by atoms with E-state index in [1.807, 2.05) is 179 Å². The minimum Gasteiger partial charge on any atom is -0.505 e. The molecule has 0 bridgehead atoms. The molecule has 0 spiro atoms. The van der Waals surface area contributed by atoms with Crippen LogP contribution in [0.4, 0.5) is 34.1 Å². The monoisotopic (exact) mass is 918 g/mol. The molecule has 0 heterocycles. The largest absolute Gasteiger partial charge is 0.505 e. The van der Waals surface area contributed by atoms with Crippen LogP contribution in [0.25, 0.3) is 45.8 Å². The summed E-state index contributed by atoms with van der Waals surface area (Å²) in [5, 5.41) is 46.7. The van der Waals surface area contributed by atoms with Crippen molar-refractivity contribution in [1.82, 2.24) is 0 Å². The van der Waals surface area contributed by atoms with E-state index in [9.17, 15) is 15.0 Å². The number of benzene rings is 9. The first kappa shape index (κ1) is 46.1. The number of hydrogen-bond donors (Lipinski definition) is 4. The number of carbonyl (C=O) groups excluding carboxylic acids is 1. The van der Waals surface area contributed by atoms with E-state index in [-0.39, 0.29) is 29.4 Å². The molecule has 0 fully saturated rings. The maximum absolute atomic E-state index is 13.4. The van der Waals surface area contributed by atoms with Gasteiger partial charge < -0.3 is 15.5 Å². The van der Waals surface area contributed by atoms with Gasteiger partial charge in [-0.1, -0.05) is 157 Å². The molecule has 10 heteroatoms. The first-order valence-corrected chi connectivity index (χ1v) is 22.9. The Morgan fingerprint density at radius 3 is 1.44 bits per heavy atom. The predicted molar refractivity (Wildman–Crippen MR) is 285 cm³/mol. The van der Waals surface area contributed by atoms with Crippen LogP contribution in [0.2, 0.25) is 0 Å². The molecule has 0 saturated carbocycles. The Labute approximate surface area is 406 Å². The molecule has 344 valence electrons. The molecular formula is C60H50N6O4. The van der Waals surface area contributed by atoms with E-state index in [0.29, 0.717) is 33.7 Å². The van der Waals surface area contributed by atoms with Gasteiger partial charge in [0.2, 0.25) is 0 Å². The molecule has 0 aromatic heterocycles. The third-order valence-corrected chi connectivity index (χ3v) is 11.9. The van der Waals surface area contributed by atoms with Gasteiger partial charge in [-0.2, -0.15) is 10.2 Å². The number of hydrogen-bond acceptors (Lipinski definition) is 9. The van der Waals surface area contributed by atoms with Crippen LogP contribution in [0, 0.1) is 27.7 Å². The van der Waals surface area contributed by atoms with Gasteiger partial charge in [0.25, 0.3) is 5.91 Å². The van der Waals surface area contributed by atoms with Crippen LogP contribution in [-0.2, 0) is 11.4 Å².